The van der Waals surface area contributed by atoms with Crippen LogP contribution in [0.2, 0.25) is 0 Å². The van der Waals surface area contributed by atoms with E-state index in [9.17, 15) is 35.6 Å². The molecule has 7 nitrogen and oxygen atoms in total. The van der Waals surface area contributed by atoms with Gasteiger partial charge < -0.3 is 10.2 Å². The standard InChI is InChI=1S/C33H37F4N3O4S/c1-3-30(32(42)38-27-9-5-4-6-10-27)39(21-24-14-16-26(34)17-15-24)31(41)22-40(28-11-7-8-25(20-28)33(35,36)37)45(43,44)29-18-12-23(2)13-19-29/h7-8,11-20,27,30H,3-6,9-10,21-22H2,1-2H3,(H,38,42). The second-order valence-electron chi connectivity index (χ2n) is 11.3. The smallest absolute Gasteiger partial charge is 0.352 e. The first kappa shape index (κ1) is 34.0. The molecule has 45 heavy (non-hydrogen) atoms. The van der Waals surface area contributed by atoms with Crippen LogP contribution in [0.15, 0.2) is 77.7 Å². The van der Waals surface area contributed by atoms with Crippen LogP contribution in [0.5, 0.6) is 0 Å². The fraction of sp³-hybridized carbons (Fsp3) is 0.394. The quantitative estimate of drug-likeness (QED) is 0.238. The van der Waals surface area contributed by atoms with Crippen LogP contribution in [0.4, 0.5) is 23.2 Å². The number of anilines is 1. The summed E-state index contributed by atoms with van der Waals surface area (Å²) in [6.07, 6.45) is 0.00174. The Morgan fingerprint density at radius 1 is 0.956 bits per heavy atom. The van der Waals surface area contributed by atoms with Gasteiger partial charge in [-0.15, -0.1) is 0 Å². The van der Waals surface area contributed by atoms with Crippen molar-refractivity contribution in [3.63, 3.8) is 0 Å². The molecule has 242 valence electrons. The van der Waals surface area contributed by atoms with Crippen molar-refractivity contribution in [1.82, 2.24) is 10.2 Å². The number of halogens is 4. The van der Waals surface area contributed by atoms with E-state index in [1.807, 2.05) is 0 Å². The third kappa shape index (κ3) is 8.62. The zero-order valence-corrected chi connectivity index (χ0v) is 26.0. The summed E-state index contributed by atoms with van der Waals surface area (Å²) in [6.45, 7) is 2.42. The molecule has 0 aliphatic heterocycles. The van der Waals surface area contributed by atoms with E-state index in [4.69, 9.17) is 0 Å². The van der Waals surface area contributed by atoms with E-state index in [1.165, 1.54) is 47.4 Å². The molecule has 1 unspecified atom stereocenters. The molecule has 3 aromatic carbocycles. The Morgan fingerprint density at radius 3 is 2.20 bits per heavy atom. The highest BCUT2D eigenvalue weighted by atomic mass is 32.2. The molecule has 1 fully saturated rings. The number of alkyl halides is 3. The largest absolute Gasteiger partial charge is 0.416 e. The highest BCUT2D eigenvalue weighted by molar-refractivity contribution is 7.92. The van der Waals surface area contributed by atoms with Gasteiger partial charge in [0.2, 0.25) is 11.8 Å². The van der Waals surface area contributed by atoms with Crippen LogP contribution >= 0.6 is 0 Å². The maximum absolute atomic E-state index is 14.2. The van der Waals surface area contributed by atoms with Gasteiger partial charge in [-0.3, -0.25) is 13.9 Å². The van der Waals surface area contributed by atoms with Crippen LogP contribution in [0, 0.1) is 12.7 Å². The van der Waals surface area contributed by atoms with Crippen LogP contribution < -0.4 is 9.62 Å². The Bertz CT molecular complexity index is 1570. The number of rotatable bonds is 11. The zero-order valence-electron chi connectivity index (χ0n) is 25.2. The Morgan fingerprint density at radius 2 is 1.60 bits per heavy atom. The van der Waals surface area contributed by atoms with E-state index in [1.54, 1.807) is 26.0 Å². The van der Waals surface area contributed by atoms with E-state index in [0.29, 0.717) is 15.9 Å². The second-order valence-corrected chi connectivity index (χ2v) is 13.2. The minimum absolute atomic E-state index is 0.0633. The fourth-order valence-electron chi connectivity index (χ4n) is 5.45. The first-order valence-corrected chi connectivity index (χ1v) is 16.3. The number of aryl methyl sites for hydroxylation is 1. The lowest BCUT2D eigenvalue weighted by molar-refractivity contribution is -0.140. The number of hydrogen-bond donors (Lipinski definition) is 1. The van der Waals surface area contributed by atoms with E-state index < -0.39 is 52.0 Å². The van der Waals surface area contributed by atoms with Crippen LogP contribution in [0.3, 0.4) is 0 Å². The summed E-state index contributed by atoms with van der Waals surface area (Å²) in [5.74, 6) is -1.72. The Labute approximate surface area is 261 Å². The van der Waals surface area contributed by atoms with Crippen molar-refractivity contribution in [2.45, 2.75) is 82.1 Å². The predicted octanol–water partition coefficient (Wildman–Crippen LogP) is 6.60. The number of carbonyl (C=O) groups is 2. The van der Waals surface area contributed by atoms with Crippen LogP contribution in [-0.2, 0) is 32.3 Å². The SMILES string of the molecule is CCC(C(=O)NC1CCCCC1)N(Cc1ccc(F)cc1)C(=O)CN(c1cccc(C(F)(F)F)c1)S(=O)(=O)c1ccc(C)cc1. The molecule has 1 aliphatic carbocycles. The van der Waals surface area contributed by atoms with Crippen molar-refractivity contribution in [3.8, 4) is 0 Å². The summed E-state index contributed by atoms with van der Waals surface area (Å²) < 4.78 is 83.3. The molecule has 12 heteroatoms. The topological polar surface area (TPSA) is 86.8 Å². The van der Waals surface area contributed by atoms with Gasteiger partial charge in [-0.25, -0.2) is 12.8 Å². The third-order valence-electron chi connectivity index (χ3n) is 7.95. The molecular weight excluding hydrogens is 610 g/mol. The summed E-state index contributed by atoms with van der Waals surface area (Å²) in [7, 11) is -4.55. The first-order valence-electron chi connectivity index (χ1n) is 14.9. The summed E-state index contributed by atoms with van der Waals surface area (Å²) >= 11 is 0. The van der Waals surface area contributed by atoms with Gasteiger partial charge >= 0.3 is 6.18 Å². The third-order valence-corrected chi connectivity index (χ3v) is 9.74. The van der Waals surface area contributed by atoms with Crippen molar-refractivity contribution in [2.75, 3.05) is 10.8 Å². The first-order chi connectivity index (χ1) is 21.3. The van der Waals surface area contributed by atoms with Crippen LogP contribution in [-0.4, -0.2) is 43.8 Å². The predicted molar refractivity (Wildman–Crippen MR) is 163 cm³/mol. The molecule has 0 bridgehead atoms. The lowest BCUT2D eigenvalue weighted by Gasteiger charge is -2.34. The van der Waals surface area contributed by atoms with Gasteiger partial charge in [0, 0.05) is 12.6 Å². The molecule has 1 aliphatic rings. The average molecular weight is 648 g/mol. The van der Waals surface area contributed by atoms with Gasteiger partial charge in [-0.05, 0) is 74.2 Å². The Hall–Kier alpha value is -3.93. The van der Waals surface area contributed by atoms with E-state index in [2.05, 4.69) is 5.32 Å². The Balaban J connectivity index is 1.75. The number of hydrogen-bond acceptors (Lipinski definition) is 4. The highest BCUT2D eigenvalue weighted by Crippen LogP contribution is 2.33. The minimum Gasteiger partial charge on any atom is -0.352 e. The molecule has 3 aromatic rings. The summed E-state index contributed by atoms with van der Waals surface area (Å²) in [4.78, 5) is 28.7. The van der Waals surface area contributed by atoms with Crippen molar-refractivity contribution in [3.05, 3.63) is 95.3 Å². The van der Waals surface area contributed by atoms with Crippen LogP contribution in [0.1, 0.15) is 62.1 Å². The molecule has 0 heterocycles. The molecule has 1 saturated carbocycles. The van der Waals surface area contributed by atoms with Gasteiger partial charge in [-0.2, -0.15) is 13.2 Å². The normalized spacial score (nSPS) is 14.9. The van der Waals surface area contributed by atoms with Gasteiger partial charge in [0.25, 0.3) is 10.0 Å². The van der Waals surface area contributed by atoms with Gasteiger partial charge in [0.15, 0.2) is 0 Å². The Kier molecular flexibility index (Phi) is 10.9. The van der Waals surface area contributed by atoms with Crippen LogP contribution in [0.25, 0.3) is 0 Å². The van der Waals surface area contributed by atoms with E-state index >= 15 is 0 Å². The lowest BCUT2D eigenvalue weighted by Crippen LogP contribution is -2.54. The molecule has 0 spiro atoms. The molecule has 4 rings (SSSR count). The average Bonchev–Trinajstić information content (AvgIpc) is 3.01. The molecule has 1 atom stereocenters. The van der Waals surface area contributed by atoms with Crippen molar-refractivity contribution in [1.29, 1.82) is 0 Å². The number of amides is 2. The van der Waals surface area contributed by atoms with E-state index in [0.717, 1.165) is 49.8 Å². The van der Waals surface area contributed by atoms with E-state index in [-0.39, 0.29) is 29.6 Å². The van der Waals surface area contributed by atoms with Gasteiger partial charge in [0.1, 0.15) is 18.4 Å². The van der Waals surface area contributed by atoms with Crippen molar-refractivity contribution >= 4 is 27.5 Å². The van der Waals surface area contributed by atoms with Crippen molar-refractivity contribution < 1.29 is 35.6 Å². The molecule has 2 amide bonds. The fourth-order valence-corrected chi connectivity index (χ4v) is 6.86. The molecular formula is C33H37F4N3O4S. The van der Waals surface area contributed by atoms with Gasteiger partial charge in [0.05, 0.1) is 16.1 Å². The minimum atomic E-state index is -4.77. The summed E-state index contributed by atoms with van der Waals surface area (Å²) in [5, 5.41) is 3.02. The summed E-state index contributed by atoms with van der Waals surface area (Å²) in [6, 6.07) is 13.7. The number of carbonyl (C=O) groups excluding carboxylic acids is 2. The monoisotopic (exact) mass is 647 g/mol. The number of sulfonamides is 1. The van der Waals surface area contributed by atoms with Crippen molar-refractivity contribution in [2.24, 2.45) is 0 Å². The molecule has 1 N–H and O–H groups in total. The maximum atomic E-state index is 14.2. The lowest BCUT2D eigenvalue weighted by atomic mass is 9.95. The highest BCUT2D eigenvalue weighted by Gasteiger charge is 2.36. The van der Waals surface area contributed by atoms with Gasteiger partial charge in [-0.1, -0.05) is 62.1 Å². The summed E-state index contributed by atoms with van der Waals surface area (Å²) in [5.41, 5.74) is -0.199. The maximum Gasteiger partial charge on any atom is 0.416 e. The molecule has 0 saturated heterocycles. The number of benzene rings is 3. The zero-order chi connectivity index (χ0) is 32.8. The molecule has 0 radical (unpaired) electrons. The number of nitrogens with one attached hydrogen (secondary N) is 1. The second kappa shape index (κ2) is 14.4. The molecule has 0 aromatic heterocycles. The number of nitrogens with zero attached hydrogens (tertiary/aromatic N) is 2.